The molecule has 0 radical (unpaired) electrons. The molecule has 2 atom stereocenters. The molecule has 0 saturated heterocycles. The van der Waals surface area contributed by atoms with E-state index >= 15 is 0 Å². The van der Waals surface area contributed by atoms with Gasteiger partial charge in [0.2, 0.25) is 0 Å². The monoisotopic (exact) mass is 173 g/mol. The Morgan fingerprint density at radius 2 is 2.27 bits per heavy atom. The van der Waals surface area contributed by atoms with Crippen molar-refractivity contribution < 1.29 is 0 Å². The minimum absolute atomic E-state index is 0.809. The molecular formula is C9H20NP. The lowest BCUT2D eigenvalue weighted by Gasteiger charge is -2.14. The van der Waals surface area contributed by atoms with Crippen molar-refractivity contribution >= 4 is 9.24 Å². The minimum Gasteiger partial charge on any atom is -0.389 e. The molecule has 0 aliphatic heterocycles. The van der Waals surface area contributed by atoms with E-state index in [2.05, 4.69) is 28.1 Å². The Labute approximate surface area is 72.8 Å². The van der Waals surface area contributed by atoms with Gasteiger partial charge in [-0.1, -0.05) is 19.9 Å². The summed E-state index contributed by atoms with van der Waals surface area (Å²) in [4.78, 5) is 0. The Balaban J connectivity index is 3.43. The molecule has 0 bridgehead atoms. The molecule has 1 nitrogen and oxygen atoms in total. The summed E-state index contributed by atoms with van der Waals surface area (Å²) in [5.41, 5.74) is 1.08. The van der Waals surface area contributed by atoms with Crippen molar-refractivity contribution in [2.24, 2.45) is 5.92 Å². The van der Waals surface area contributed by atoms with Crippen LogP contribution in [0.4, 0.5) is 0 Å². The van der Waals surface area contributed by atoms with E-state index < -0.39 is 0 Å². The van der Waals surface area contributed by atoms with Crippen LogP contribution in [0, 0.1) is 5.92 Å². The van der Waals surface area contributed by atoms with Gasteiger partial charge >= 0.3 is 0 Å². The van der Waals surface area contributed by atoms with Crippen molar-refractivity contribution in [2.45, 2.75) is 26.7 Å². The van der Waals surface area contributed by atoms with Gasteiger partial charge in [-0.05, 0) is 25.4 Å². The van der Waals surface area contributed by atoms with E-state index in [0.717, 1.165) is 18.2 Å². The van der Waals surface area contributed by atoms with Gasteiger partial charge < -0.3 is 5.32 Å². The first kappa shape index (κ1) is 11.0. The highest BCUT2D eigenvalue weighted by atomic mass is 31.0. The van der Waals surface area contributed by atoms with Gasteiger partial charge in [0.05, 0.1) is 0 Å². The third-order valence-electron chi connectivity index (χ3n) is 1.84. The normalized spacial score (nSPS) is 12.6. The van der Waals surface area contributed by atoms with E-state index in [-0.39, 0.29) is 0 Å². The lowest BCUT2D eigenvalue weighted by molar-refractivity contribution is 0.474. The van der Waals surface area contributed by atoms with Crippen LogP contribution in [0.15, 0.2) is 12.3 Å². The zero-order valence-corrected chi connectivity index (χ0v) is 8.84. The molecule has 0 rings (SSSR count). The molecule has 0 saturated carbocycles. The lowest BCUT2D eigenvalue weighted by Crippen LogP contribution is -2.20. The Morgan fingerprint density at radius 3 is 2.64 bits per heavy atom. The van der Waals surface area contributed by atoms with Gasteiger partial charge in [0, 0.05) is 12.2 Å². The molecule has 11 heavy (non-hydrogen) atoms. The third kappa shape index (κ3) is 6.37. The van der Waals surface area contributed by atoms with Crippen LogP contribution in [0.25, 0.3) is 0 Å². The van der Waals surface area contributed by atoms with Gasteiger partial charge in [-0.15, -0.1) is 9.24 Å². The number of hydrogen-bond acceptors (Lipinski definition) is 1. The maximum atomic E-state index is 3.81. The smallest absolute Gasteiger partial charge is 0.0172 e. The number of allylic oxidation sites excluding steroid dienone is 1. The van der Waals surface area contributed by atoms with Crippen molar-refractivity contribution in [3.05, 3.63) is 12.3 Å². The van der Waals surface area contributed by atoms with Crippen molar-refractivity contribution in [1.29, 1.82) is 0 Å². The predicted octanol–water partition coefficient (Wildman–Crippen LogP) is 2.40. The highest BCUT2D eigenvalue weighted by molar-refractivity contribution is 7.16. The number of hydrogen-bond donors (Lipinski definition) is 1. The molecule has 0 aliphatic carbocycles. The zero-order valence-electron chi connectivity index (χ0n) is 7.69. The van der Waals surface area contributed by atoms with Crippen LogP contribution < -0.4 is 5.32 Å². The van der Waals surface area contributed by atoms with Crippen molar-refractivity contribution in [3.63, 3.8) is 0 Å². The minimum atomic E-state index is 0.809. The second-order valence-corrected chi connectivity index (χ2v) is 3.59. The highest BCUT2D eigenvalue weighted by Gasteiger charge is 2.02. The van der Waals surface area contributed by atoms with E-state index in [4.69, 9.17) is 0 Å². The van der Waals surface area contributed by atoms with Crippen LogP contribution in [-0.2, 0) is 0 Å². The average Bonchev–Trinajstić information content (AvgIpc) is 1.97. The van der Waals surface area contributed by atoms with Gasteiger partial charge in [-0.2, -0.15) is 0 Å². The maximum absolute atomic E-state index is 3.81. The largest absolute Gasteiger partial charge is 0.389 e. The summed E-state index contributed by atoms with van der Waals surface area (Å²) in [7, 11) is 2.78. The van der Waals surface area contributed by atoms with E-state index in [9.17, 15) is 0 Å². The molecular weight excluding hydrogens is 153 g/mol. The predicted molar refractivity (Wildman–Crippen MR) is 55.8 cm³/mol. The summed E-state index contributed by atoms with van der Waals surface area (Å²) >= 11 is 0. The number of nitrogens with one attached hydrogen (secondary N) is 1. The Kier molecular flexibility index (Phi) is 6.65. The summed E-state index contributed by atoms with van der Waals surface area (Å²) in [6.45, 7) is 9.14. The van der Waals surface area contributed by atoms with E-state index in [0.29, 0.717) is 0 Å². The Hall–Kier alpha value is -0.0300. The zero-order chi connectivity index (χ0) is 8.69. The number of rotatable bonds is 6. The second kappa shape index (κ2) is 6.67. The molecule has 0 aliphatic rings. The molecule has 1 N–H and O–H groups in total. The maximum Gasteiger partial charge on any atom is 0.0172 e. The molecule has 0 aromatic rings. The molecule has 0 heterocycles. The molecule has 0 amide bonds. The Morgan fingerprint density at radius 1 is 1.64 bits per heavy atom. The first-order valence-corrected chi connectivity index (χ1v) is 5.11. The summed E-state index contributed by atoms with van der Waals surface area (Å²) in [6.07, 6.45) is 3.76. The van der Waals surface area contributed by atoms with Gasteiger partial charge in [-0.3, -0.25) is 0 Å². The first-order valence-electron chi connectivity index (χ1n) is 4.30. The average molecular weight is 173 g/mol. The van der Waals surface area contributed by atoms with Crippen LogP contribution in [0.5, 0.6) is 0 Å². The lowest BCUT2D eigenvalue weighted by atomic mass is 10.0. The summed E-state index contributed by atoms with van der Waals surface area (Å²) in [5, 5.41) is 3.28. The first-order chi connectivity index (χ1) is 5.20. The summed E-state index contributed by atoms with van der Waals surface area (Å²) < 4.78 is 0. The molecule has 66 valence electrons. The fraction of sp³-hybridized carbons (Fsp3) is 0.778. The molecule has 0 spiro atoms. The fourth-order valence-corrected chi connectivity index (χ4v) is 1.48. The molecule has 0 aromatic heterocycles. The van der Waals surface area contributed by atoms with Crippen molar-refractivity contribution in [1.82, 2.24) is 5.32 Å². The van der Waals surface area contributed by atoms with Crippen LogP contribution >= 0.6 is 9.24 Å². The third-order valence-corrected chi connectivity index (χ3v) is 2.18. The fourth-order valence-electron chi connectivity index (χ4n) is 1.00. The molecule has 0 fully saturated rings. The van der Waals surface area contributed by atoms with Crippen LogP contribution in [0.2, 0.25) is 0 Å². The van der Waals surface area contributed by atoms with Crippen LogP contribution in [0.3, 0.4) is 0 Å². The summed E-state index contributed by atoms with van der Waals surface area (Å²) in [5.74, 6) is 0.809. The Bertz CT molecular complexity index is 112. The summed E-state index contributed by atoms with van der Waals surface area (Å²) in [6, 6.07) is 0. The molecule has 2 unspecified atom stereocenters. The van der Waals surface area contributed by atoms with Crippen LogP contribution in [-0.4, -0.2) is 12.7 Å². The second-order valence-electron chi connectivity index (χ2n) is 3.01. The highest BCUT2D eigenvalue weighted by Crippen LogP contribution is 2.08. The quantitative estimate of drug-likeness (QED) is 0.608. The molecule has 2 heteroatoms. The van der Waals surface area contributed by atoms with Crippen molar-refractivity contribution in [2.75, 3.05) is 12.7 Å². The topological polar surface area (TPSA) is 12.0 Å². The molecule has 0 aromatic carbocycles. The van der Waals surface area contributed by atoms with Gasteiger partial charge in [0.25, 0.3) is 0 Å². The van der Waals surface area contributed by atoms with Gasteiger partial charge in [0.1, 0.15) is 0 Å². The van der Waals surface area contributed by atoms with E-state index in [1.165, 1.54) is 19.0 Å². The SMILES string of the molecule is C=C(C)NCC(CC)CCP. The van der Waals surface area contributed by atoms with E-state index in [1.807, 2.05) is 6.92 Å². The van der Waals surface area contributed by atoms with Crippen LogP contribution in [0.1, 0.15) is 26.7 Å². The van der Waals surface area contributed by atoms with Gasteiger partial charge in [-0.25, -0.2) is 0 Å². The van der Waals surface area contributed by atoms with Gasteiger partial charge in [0.15, 0.2) is 0 Å². The van der Waals surface area contributed by atoms with Crippen molar-refractivity contribution in [3.8, 4) is 0 Å². The van der Waals surface area contributed by atoms with E-state index in [1.54, 1.807) is 0 Å². The standard InChI is InChI=1S/C9H20NP/c1-4-9(5-6-11)7-10-8(2)3/h9-10H,2,4-7,11H2,1,3H3.